The minimum Gasteiger partial charge on any atom is -0.331 e. The largest absolute Gasteiger partial charge is 0.331 e. The Morgan fingerprint density at radius 3 is 2.29 bits per heavy atom. The Kier molecular flexibility index (Phi) is 6.30. The summed E-state index contributed by atoms with van der Waals surface area (Å²) in [5, 5.41) is 2.95. The molecule has 0 aliphatic rings. The second-order valence-corrected chi connectivity index (χ2v) is 8.56. The van der Waals surface area contributed by atoms with E-state index in [1.807, 2.05) is 24.3 Å². The van der Waals surface area contributed by atoms with Crippen molar-refractivity contribution >= 4 is 10.9 Å². The van der Waals surface area contributed by atoms with Crippen LogP contribution in [0, 0.1) is 11.8 Å². The van der Waals surface area contributed by atoms with Crippen LogP contribution in [0.25, 0.3) is 10.9 Å². The summed E-state index contributed by atoms with van der Waals surface area (Å²) in [6, 6.07) is 16.9. The summed E-state index contributed by atoms with van der Waals surface area (Å²) >= 11 is 0. The Bertz CT molecular complexity index is 973. The van der Waals surface area contributed by atoms with Crippen molar-refractivity contribution < 1.29 is 5.32 Å². The van der Waals surface area contributed by atoms with E-state index in [1.165, 1.54) is 11.1 Å². The number of hydrogen-bond acceptors (Lipinski definition) is 2. The molecule has 0 fully saturated rings. The number of nitrogens with one attached hydrogen (secondary N) is 1. The quantitative estimate of drug-likeness (QED) is 0.649. The third kappa shape index (κ3) is 4.68. The van der Waals surface area contributed by atoms with Crippen molar-refractivity contribution in [2.24, 2.45) is 11.8 Å². The van der Waals surface area contributed by atoms with E-state index < -0.39 is 0 Å². The maximum atomic E-state index is 12.4. The first-order chi connectivity index (χ1) is 13.3. The van der Waals surface area contributed by atoms with Gasteiger partial charge in [0.05, 0.1) is 10.9 Å². The molecule has 0 amide bonds. The third-order valence-corrected chi connectivity index (χ3v) is 5.29. The molecule has 2 atom stereocenters. The molecule has 0 saturated heterocycles. The number of benzene rings is 2. The third-order valence-electron chi connectivity index (χ3n) is 5.29. The standard InChI is InChI=1S/C24H31N3O/c1-15(2)14-18-10-12-19(13-11-18)22(16(3)4)25-17(5)23-26-21-9-7-6-8-20(21)24(28)27-23/h6-13,15-17,22,25H,14H2,1-5H3,(H,26,27,28)/p+1/t17-,22+/m0/s1. The van der Waals surface area contributed by atoms with Gasteiger partial charge in [-0.1, -0.05) is 64.1 Å². The van der Waals surface area contributed by atoms with Gasteiger partial charge in [-0.2, -0.15) is 0 Å². The zero-order valence-corrected chi connectivity index (χ0v) is 17.6. The molecular weight excluding hydrogens is 346 g/mol. The average Bonchev–Trinajstić information content (AvgIpc) is 2.66. The highest BCUT2D eigenvalue weighted by Crippen LogP contribution is 2.21. The summed E-state index contributed by atoms with van der Waals surface area (Å²) in [5.74, 6) is 1.85. The lowest BCUT2D eigenvalue weighted by atomic mass is 9.93. The molecule has 0 bridgehead atoms. The fourth-order valence-corrected chi connectivity index (χ4v) is 3.79. The number of aromatic amines is 1. The molecule has 1 aromatic heterocycles. The number of H-pyrrole nitrogens is 1. The van der Waals surface area contributed by atoms with Crippen LogP contribution in [0.5, 0.6) is 0 Å². The van der Waals surface area contributed by atoms with E-state index in [2.05, 4.69) is 69.2 Å². The molecular formula is C24H32N3O+. The van der Waals surface area contributed by atoms with Gasteiger partial charge in [-0.25, -0.2) is 4.98 Å². The first-order valence-electron chi connectivity index (χ1n) is 10.3. The van der Waals surface area contributed by atoms with Gasteiger partial charge in [0, 0.05) is 11.5 Å². The maximum absolute atomic E-state index is 12.4. The normalized spacial score (nSPS) is 14.0. The summed E-state index contributed by atoms with van der Waals surface area (Å²) in [5.41, 5.74) is 3.38. The second-order valence-electron chi connectivity index (χ2n) is 8.56. The van der Waals surface area contributed by atoms with Gasteiger partial charge in [0.1, 0.15) is 12.1 Å². The van der Waals surface area contributed by atoms with Crippen molar-refractivity contribution in [2.75, 3.05) is 0 Å². The lowest BCUT2D eigenvalue weighted by molar-refractivity contribution is -0.738. The molecule has 0 spiro atoms. The minimum absolute atomic E-state index is 0.0556. The number of aromatic nitrogens is 2. The van der Waals surface area contributed by atoms with Gasteiger partial charge < -0.3 is 10.3 Å². The van der Waals surface area contributed by atoms with E-state index in [-0.39, 0.29) is 11.6 Å². The van der Waals surface area contributed by atoms with Gasteiger partial charge in [0.25, 0.3) is 5.56 Å². The molecule has 3 rings (SSSR count). The zero-order chi connectivity index (χ0) is 20.3. The number of nitrogens with two attached hydrogens (primary N) is 1. The van der Waals surface area contributed by atoms with Crippen LogP contribution in [0.4, 0.5) is 0 Å². The Morgan fingerprint density at radius 2 is 1.64 bits per heavy atom. The Morgan fingerprint density at radius 1 is 0.964 bits per heavy atom. The molecule has 148 valence electrons. The lowest BCUT2D eigenvalue weighted by Gasteiger charge is -2.23. The highest BCUT2D eigenvalue weighted by Gasteiger charge is 2.24. The summed E-state index contributed by atoms with van der Waals surface area (Å²) in [6.45, 7) is 11.1. The summed E-state index contributed by atoms with van der Waals surface area (Å²) < 4.78 is 0. The van der Waals surface area contributed by atoms with E-state index in [0.717, 1.165) is 17.8 Å². The molecule has 0 radical (unpaired) electrons. The van der Waals surface area contributed by atoms with E-state index in [1.54, 1.807) is 0 Å². The molecule has 2 aromatic carbocycles. The van der Waals surface area contributed by atoms with Crippen molar-refractivity contribution in [1.82, 2.24) is 9.97 Å². The number of nitrogens with zero attached hydrogens (tertiary/aromatic N) is 1. The van der Waals surface area contributed by atoms with Crippen molar-refractivity contribution in [3.05, 3.63) is 75.8 Å². The van der Waals surface area contributed by atoms with Crippen LogP contribution in [0.3, 0.4) is 0 Å². The highest BCUT2D eigenvalue weighted by atomic mass is 16.1. The van der Waals surface area contributed by atoms with Crippen molar-refractivity contribution in [3.8, 4) is 0 Å². The van der Waals surface area contributed by atoms with Crippen LogP contribution in [0.2, 0.25) is 0 Å². The van der Waals surface area contributed by atoms with E-state index >= 15 is 0 Å². The molecule has 1 heterocycles. The van der Waals surface area contributed by atoms with Gasteiger partial charge in [0.2, 0.25) is 0 Å². The second kappa shape index (κ2) is 8.70. The summed E-state index contributed by atoms with van der Waals surface area (Å²) in [6.07, 6.45) is 1.11. The minimum atomic E-state index is -0.0695. The molecule has 0 aliphatic carbocycles. The van der Waals surface area contributed by atoms with E-state index in [9.17, 15) is 4.79 Å². The molecule has 4 heteroatoms. The number of fused-ring (bicyclic) bond motifs is 1. The molecule has 0 aliphatic heterocycles. The Labute approximate surface area is 167 Å². The van der Waals surface area contributed by atoms with Gasteiger partial charge in [-0.05, 0) is 37.0 Å². The molecule has 3 aromatic rings. The number of rotatable bonds is 7. The van der Waals surface area contributed by atoms with Gasteiger partial charge in [-0.15, -0.1) is 0 Å². The van der Waals surface area contributed by atoms with Crippen molar-refractivity contribution in [2.45, 2.75) is 53.1 Å². The number of quaternary nitrogens is 1. The van der Waals surface area contributed by atoms with Gasteiger partial charge >= 0.3 is 0 Å². The number of para-hydroxylation sites is 1. The number of hydrogen-bond donors (Lipinski definition) is 2. The van der Waals surface area contributed by atoms with Crippen LogP contribution in [-0.4, -0.2) is 9.97 Å². The molecule has 0 saturated carbocycles. The fourth-order valence-electron chi connectivity index (χ4n) is 3.79. The predicted molar refractivity (Wildman–Crippen MR) is 115 cm³/mol. The van der Waals surface area contributed by atoms with E-state index in [4.69, 9.17) is 4.98 Å². The molecule has 0 unspecified atom stereocenters. The topological polar surface area (TPSA) is 62.4 Å². The fraction of sp³-hybridized carbons (Fsp3) is 0.417. The van der Waals surface area contributed by atoms with Crippen LogP contribution < -0.4 is 10.9 Å². The Hall–Kier alpha value is -2.46. The molecule has 3 N–H and O–H groups in total. The van der Waals surface area contributed by atoms with E-state index in [0.29, 0.717) is 23.3 Å². The summed E-state index contributed by atoms with van der Waals surface area (Å²) in [7, 11) is 0. The van der Waals surface area contributed by atoms with Gasteiger partial charge in [-0.3, -0.25) is 4.79 Å². The van der Waals surface area contributed by atoms with Crippen molar-refractivity contribution in [3.63, 3.8) is 0 Å². The van der Waals surface area contributed by atoms with Crippen LogP contribution in [0.1, 0.15) is 63.7 Å². The monoisotopic (exact) mass is 378 g/mol. The zero-order valence-electron chi connectivity index (χ0n) is 17.6. The highest BCUT2D eigenvalue weighted by molar-refractivity contribution is 5.77. The average molecular weight is 379 g/mol. The maximum Gasteiger partial charge on any atom is 0.258 e. The van der Waals surface area contributed by atoms with Gasteiger partial charge in [0.15, 0.2) is 5.82 Å². The van der Waals surface area contributed by atoms with Crippen molar-refractivity contribution in [1.29, 1.82) is 0 Å². The van der Waals surface area contributed by atoms with Crippen LogP contribution in [-0.2, 0) is 6.42 Å². The van der Waals surface area contributed by atoms with Crippen LogP contribution in [0.15, 0.2) is 53.3 Å². The SMILES string of the molecule is CC(C)Cc1ccc([C@H]([NH2+][C@@H](C)c2nc3ccccc3c(=O)[nH]2)C(C)C)cc1. The van der Waals surface area contributed by atoms with Crippen LogP contribution >= 0.6 is 0 Å². The Balaban J connectivity index is 1.83. The molecule has 28 heavy (non-hydrogen) atoms. The molecule has 4 nitrogen and oxygen atoms in total. The smallest absolute Gasteiger partial charge is 0.258 e. The first-order valence-corrected chi connectivity index (χ1v) is 10.3. The summed E-state index contributed by atoms with van der Waals surface area (Å²) in [4.78, 5) is 20.1. The lowest BCUT2D eigenvalue weighted by Crippen LogP contribution is -2.87. The first kappa shape index (κ1) is 20.3. The predicted octanol–water partition coefficient (Wildman–Crippen LogP) is 4.14.